The van der Waals surface area contributed by atoms with E-state index in [0.717, 1.165) is 23.8 Å². The third-order valence-electron chi connectivity index (χ3n) is 8.61. The number of aromatic nitrogens is 2. The van der Waals surface area contributed by atoms with Crippen LogP contribution in [0.25, 0.3) is 11.3 Å². The fourth-order valence-electron chi connectivity index (χ4n) is 6.47. The van der Waals surface area contributed by atoms with Gasteiger partial charge in [-0.25, -0.2) is 26.6 Å². The summed E-state index contributed by atoms with van der Waals surface area (Å²) in [5.74, 6) is -2.76. The van der Waals surface area contributed by atoms with Crippen LogP contribution in [0.5, 0.6) is 0 Å². The molecule has 2 aromatic carbocycles. The van der Waals surface area contributed by atoms with Crippen LogP contribution >= 0.6 is 0 Å². The van der Waals surface area contributed by atoms with Gasteiger partial charge in [-0.15, -0.1) is 0 Å². The number of benzene rings is 2. The number of fused-ring (bicyclic) bond motifs is 1. The summed E-state index contributed by atoms with van der Waals surface area (Å²) in [5, 5.41) is 13.8. The molecule has 0 bridgehead atoms. The zero-order chi connectivity index (χ0) is 28.9. The highest BCUT2D eigenvalue weighted by molar-refractivity contribution is 7.91. The van der Waals surface area contributed by atoms with Gasteiger partial charge in [0.2, 0.25) is 0 Å². The van der Waals surface area contributed by atoms with E-state index in [0.29, 0.717) is 5.82 Å². The molecule has 0 spiro atoms. The molecule has 8 nitrogen and oxygen atoms in total. The van der Waals surface area contributed by atoms with Gasteiger partial charge in [-0.3, -0.25) is 4.79 Å². The van der Waals surface area contributed by atoms with E-state index < -0.39 is 57.7 Å². The molecule has 0 aliphatic carbocycles. The first-order valence-corrected chi connectivity index (χ1v) is 15.6. The van der Waals surface area contributed by atoms with Gasteiger partial charge in [0.1, 0.15) is 39.6 Å². The van der Waals surface area contributed by atoms with Crippen molar-refractivity contribution in [3.05, 3.63) is 77.8 Å². The second-order valence-electron chi connectivity index (χ2n) is 11.2. The molecule has 3 aromatic rings. The molecule has 1 amide bonds. The van der Waals surface area contributed by atoms with Gasteiger partial charge in [-0.2, -0.15) is 0 Å². The summed E-state index contributed by atoms with van der Waals surface area (Å²) in [7, 11) is -3.26. The van der Waals surface area contributed by atoms with Crippen LogP contribution in [0.1, 0.15) is 30.3 Å². The minimum Gasteiger partial charge on any atom is -0.382 e. The number of rotatable bonds is 6. The van der Waals surface area contributed by atoms with Gasteiger partial charge in [-0.05, 0) is 42.5 Å². The highest BCUT2D eigenvalue weighted by Gasteiger charge is 2.52. The molecule has 0 radical (unpaired) electrons. The number of sulfone groups is 1. The van der Waals surface area contributed by atoms with Crippen LogP contribution in [-0.2, 0) is 21.2 Å². The SMILES string of the molecule is O=C1[C@@H](O)C2NC[C@H](F)[C@@H]2CN1[C@H](c1nc(-c2cc(F)ccc2F)cn1Cc1ccccc1)C1CCS(=O)(=O)CC1. The molecule has 3 aliphatic heterocycles. The first-order chi connectivity index (χ1) is 19.6. The molecule has 5 atom stereocenters. The summed E-state index contributed by atoms with van der Waals surface area (Å²) >= 11 is 0. The third kappa shape index (κ3) is 5.40. The Labute approximate surface area is 236 Å². The molecule has 218 valence electrons. The van der Waals surface area contributed by atoms with Crippen molar-refractivity contribution in [2.24, 2.45) is 11.8 Å². The molecule has 1 aromatic heterocycles. The maximum Gasteiger partial charge on any atom is 0.253 e. The predicted octanol–water partition coefficient (Wildman–Crippen LogP) is 2.87. The van der Waals surface area contributed by atoms with Crippen molar-refractivity contribution < 1.29 is 31.5 Å². The molecular weight excluding hydrogens is 557 g/mol. The van der Waals surface area contributed by atoms with Crippen LogP contribution in [0.15, 0.2) is 54.7 Å². The minimum atomic E-state index is -3.26. The molecule has 3 saturated heterocycles. The average Bonchev–Trinajstić information content (AvgIpc) is 3.53. The molecule has 1 unspecified atom stereocenters. The molecule has 2 N–H and O–H groups in total. The van der Waals surface area contributed by atoms with Gasteiger partial charge in [-0.1, -0.05) is 30.3 Å². The van der Waals surface area contributed by atoms with Crippen LogP contribution in [0.2, 0.25) is 0 Å². The number of nitrogens with one attached hydrogen (secondary N) is 1. The van der Waals surface area contributed by atoms with Gasteiger partial charge < -0.3 is 19.9 Å². The van der Waals surface area contributed by atoms with Crippen LogP contribution < -0.4 is 5.32 Å². The van der Waals surface area contributed by atoms with Crippen LogP contribution in [0.4, 0.5) is 13.2 Å². The summed E-state index contributed by atoms with van der Waals surface area (Å²) in [6, 6.07) is 10.9. The number of carbonyl (C=O) groups is 1. The Hall–Kier alpha value is -3.22. The monoisotopic (exact) mass is 588 g/mol. The number of alkyl halides is 1. The van der Waals surface area contributed by atoms with E-state index in [1.54, 1.807) is 10.8 Å². The number of aliphatic hydroxyl groups excluding tert-OH is 1. The van der Waals surface area contributed by atoms with Crippen molar-refractivity contribution in [3.8, 4) is 11.3 Å². The number of halogens is 3. The van der Waals surface area contributed by atoms with Gasteiger partial charge in [0.25, 0.3) is 5.91 Å². The highest BCUT2D eigenvalue weighted by atomic mass is 32.2. The number of aliphatic hydroxyl groups is 1. The summed E-state index contributed by atoms with van der Waals surface area (Å²) in [5.41, 5.74) is 0.975. The normalized spacial score (nSPS) is 27.1. The van der Waals surface area contributed by atoms with Crippen molar-refractivity contribution in [3.63, 3.8) is 0 Å². The van der Waals surface area contributed by atoms with E-state index >= 15 is 0 Å². The summed E-state index contributed by atoms with van der Waals surface area (Å²) in [6.07, 6.45) is -0.698. The second kappa shape index (κ2) is 10.9. The first-order valence-electron chi connectivity index (χ1n) is 13.7. The van der Waals surface area contributed by atoms with Crippen molar-refractivity contribution in [1.82, 2.24) is 19.8 Å². The van der Waals surface area contributed by atoms with Crippen LogP contribution in [-0.4, -0.2) is 76.8 Å². The van der Waals surface area contributed by atoms with Crippen LogP contribution in [0.3, 0.4) is 0 Å². The number of hydrogen-bond acceptors (Lipinski definition) is 6. The molecule has 3 aliphatic rings. The Bertz CT molecular complexity index is 1540. The largest absolute Gasteiger partial charge is 0.382 e. The number of amides is 1. The summed E-state index contributed by atoms with van der Waals surface area (Å²) in [6.45, 7) is 0.307. The third-order valence-corrected chi connectivity index (χ3v) is 10.3. The zero-order valence-electron chi connectivity index (χ0n) is 22.2. The molecule has 6 rings (SSSR count). The maximum atomic E-state index is 14.9. The topological polar surface area (TPSA) is 105 Å². The lowest BCUT2D eigenvalue weighted by molar-refractivity contribution is -0.153. The zero-order valence-corrected chi connectivity index (χ0v) is 23.0. The highest BCUT2D eigenvalue weighted by Crippen LogP contribution is 2.41. The molecule has 3 fully saturated rings. The molecule has 41 heavy (non-hydrogen) atoms. The smallest absolute Gasteiger partial charge is 0.253 e. The first kappa shape index (κ1) is 27.9. The van der Waals surface area contributed by atoms with Gasteiger partial charge in [0.15, 0.2) is 0 Å². The van der Waals surface area contributed by atoms with Crippen molar-refractivity contribution in [2.45, 2.75) is 43.7 Å². The summed E-state index contributed by atoms with van der Waals surface area (Å²) < 4.78 is 70.4. The van der Waals surface area contributed by atoms with Crippen molar-refractivity contribution >= 4 is 15.7 Å². The number of likely N-dealkylation sites (tertiary alicyclic amines) is 1. The van der Waals surface area contributed by atoms with E-state index in [1.807, 2.05) is 30.3 Å². The Morgan fingerprint density at radius 3 is 2.56 bits per heavy atom. The molecule has 4 heterocycles. The quantitative estimate of drug-likeness (QED) is 0.459. The van der Waals surface area contributed by atoms with Gasteiger partial charge in [0.05, 0.1) is 23.2 Å². The van der Waals surface area contributed by atoms with Crippen molar-refractivity contribution in [2.75, 3.05) is 24.6 Å². The lowest BCUT2D eigenvalue weighted by atomic mass is 9.84. The molecule has 12 heteroatoms. The Kier molecular flexibility index (Phi) is 7.41. The van der Waals surface area contributed by atoms with E-state index in [1.165, 1.54) is 4.90 Å². The minimum absolute atomic E-state index is 0.00446. The van der Waals surface area contributed by atoms with Crippen LogP contribution in [0, 0.1) is 23.5 Å². The molecular formula is C29H31F3N4O4S. The van der Waals surface area contributed by atoms with Crippen molar-refractivity contribution in [1.29, 1.82) is 0 Å². The maximum absolute atomic E-state index is 14.9. The number of hydrogen-bond donors (Lipinski definition) is 2. The summed E-state index contributed by atoms with van der Waals surface area (Å²) in [4.78, 5) is 19.8. The van der Waals surface area contributed by atoms with E-state index in [4.69, 9.17) is 4.98 Å². The Morgan fingerprint density at radius 1 is 1.10 bits per heavy atom. The van der Waals surface area contributed by atoms with E-state index in [-0.39, 0.29) is 61.2 Å². The number of carbonyl (C=O) groups excluding carboxylic acids is 1. The number of nitrogens with zero attached hydrogens (tertiary/aromatic N) is 3. The molecule has 0 saturated carbocycles. The fraction of sp³-hybridized carbons (Fsp3) is 0.448. The predicted molar refractivity (Wildman–Crippen MR) is 145 cm³/mol. The second-order valence-corrected chi connectivity index (χ2v) is 13.5. The van der Waals surface area contributed by atoms with Gasteiger partial charge >= 0.3 is 0 Å². The number of imidazole rings is 1. The lowest BCUT2D eigenvalue weighted by Gasteiger charge is -2.45. The van der Waals surface area contributed by atoms with Gasteiger partial charge in [0, 0.05) is 43.4 Å². The fourth-order valence-corrected chi connectivity index (χ4v) is 7.99. The van der Waals surface area contributed by atoms with E-state index in [9.17, 15) is 31.5 Å². The number of piperidine rings is 1. The Morgan fingerprint density at radius 2 is 1.83 bits per heavy atom. The lowest BCUT2D eigenvalue weighted by Crippen LogP contribution is -2.60. The standard InChI is InChI=1S/C29H31F3N4O4S/c30-19-6-7-22(31)20(12-19)24-16-35(14-17-4-2-1-3-5-17)28(34-24)26(18-8-10-41(39,40)11-9-18)36-15-21-23(32)13-33-25(21)27(37)29(36)38/h1-7,12,16,18,21,23,25-27,33,37H,8-11,13-15H2/t21-,23-,25?,26-,27-/m0/s1. The average molecular weight is 589 g/mol. The van der Waals surface area contributed by atoms with E-state index in [2.05, 4.69) is 5.32 Å². The Balaban J connectivity index is 1.49.